The predicted molar refractivity (Wildman–Crippen MR) is 269 cm³/mol. The summed E-state index contributed by atoms with van der Waals surface area (Å²) in [5, 5.41) is 0.573. The highest BCUT2D eigenvalue weighted by Crippen LogP contribution is 2.54. The molecule has 0 bridgehead atoms. The van der Waals surface area contributed by atoms with Gasteiger partial charge in [0.1, 0.15) is 11.4 Å². The fraction of sp³-hybridized carbons (Fsp3) is 0.556. The first-order valence-electron chi connectivity index (χ1n) is 11.8. The van der Waals surface area contributed by atoms with Gasteiger partial charge in [0.15, 0.2) is 10.8 Å². The van der Waals surface area contributed by atoms with Crippen molar-refractivity contribution in [2.24, 2.45) is 17.8 Å². The average Bonchev–Trinajstić information content (AvgIpc) is 3.11. The van der Waals surface area contributed by atoms with Crippen LogP contribution in [0.4, 0.5) is 4.39 Å². The van der Waals surface area contributed by atoms with Crippen LogP contribution in [0.3, 0.4) is 0 Å². The molecule has 1 aliphatic carbocycles. The van der Waals surface area contributed by atoms with Crippen molar-refractivity contribution in [3.63, 3.8) is 0 Å². The van der Waals surface area contributed by atoms with Gasteiger partial charge in [-0.05, 0) is 81.7 Å². The third-order valence-corrected chi connectivity index (χ3v) is 9.23. The second kappa shape index (κ2) is 8.31. The first kappa shape index (κ1) is 24.1. The first-order chi connectivity index (χ1) is 15.4. The van der Waals surface area contributed by atoms with E-state index in [0.29, 0.717) is 22.5 Å². The molecule has 2 aromatic rings. The van der Waals surface area contributed by atoms with Crippen molar-refractivity contribution < 1.29 is 113 Å². The topological polar surface area (TPSA) is 46.6 Å². The number of rotatable bonds is 5. The third-order valence-electron chi connectivity index (χ3n) is 8.18. The van der Waals surface area contributed by atoms with Crippen LogP contribution in [0, 0.1) is 37.4 Å². The summed E-state index contributed by atoms with van der Waals surface area (Å²) in [5.74, 6) is -0.0476. The van der Waals surface area contributed by atoms with E-state index in [-0.39, 0.29) is 130 Å². The fourth-order valence-electron chi connectivity index (χ4n) is 6.07. The van der Waals surface area contributed by atoms with E-state index in [1.165, 1.54) is 24.3 Å². The van der Waals surface area contributed by atoms with Gasteiger partial charge in [-0.1, -0.05) is 19.9 Å². The molecule has 2 aliphatic rings. The van der Waals surface area contributed by atoms with Gasteiger partial charge in [0.25, 0.3) is 0 Å². The van der Waals surface area contributed by atoms with E-state index in [9.17, 15) is 9.59 Å². The molecular formula is C27H166FNO3S. The number of Topliss-reactive ketones (excluding diaryl/α,β-unsaturated/α-hetero) is 1. The van der Waals surface area contributed by atoms with E-state index < -0.39 is 5.54 Å². The summed E-state index contributed by atoms with van der Waals surface area (Å²) in [7, 11) is 0. The lowest BCUT2D eigenvalue weighted by molar-refractivity contribution is -0.138. The number of esters is 1. The smallest absolute Gasteiger partial charge is 0.308 e. The van der Waals surface area contributed by atoms with Crippen LogP contribution in [0.5, 0.6) is 5.06 Å². The predicted octanol–water partition coefficient (Wildman–Crippen LogP) is 22.4. The molecule has 0 radical (unpaired) electrons. The summed E-state index contributed by atoms with van der Waals surface area (Å²) >= 11 is 1.49. The normalized spacial score (nSPS) is 28.7. The maximum absolute atomic E-state index is 15.6. The number of ether oxygens (including phenoxy) is 1. The number of halogens is 1. The Morgan fingerprint density at radius 2 is 1.82 bits per heavy atom. The molecule has 4 rings (SSSR count). The molecule has 5 unspecified atom stereocenters. The standard InChI is InChI=1S/C27H34FNO3S.66H2/c1-13-9-10-21(28)25(15(13)3)27(8,26(31)24-16(4)17(24)5)29-14(2)11-22-20(18(29)6)12-23(33-22)32-19(7)30;;;;;;;;;;;;;;;;;;;;;;;;;;;;;;;;;;;;;;;;;;;;;;;;;;;;;;;;;;;;;;;;;;/h9-10,12,14,16-18,24H,11H2,1-8H3;66*1H. The zero-order valence-corrected chi connectivity index (χ0v) is 21.6. The highest BCUT2D eigenvalue weighted by molar-refractivity contribution is 7.14. The van der Waals surface area contributed by atoms with E-state index in [4.69, 9.17) is 4.74 Å². The Hall–Kier alpha value is -2.05. The average molecular weight is 605 g/mol. The summed E-state index contributed by atoms with van der Waals surface area (Å²) in [6.45, 7) is 15.6. The molecule has 0 N–H and O–H groups in total. The molecule has 1 aromatic heterocycles. The van der Waals surface area contributed by atoms with Crippen molar-refractivity contribution in [1.82, 2.24) is 4.90 Å². The van der Waals surface area contributed by atoms with Crippen molar-refractivity contribution >= 4 is 23.1 Å². The van der Waals surface area contributed by atoms with Gasteiger partial charge in [0.2, 0.25) is 0 Å². The number of hydrogen-bond donors (Lipinski definition) is 0. The van der Waals surface area contributed by atoms with Crippen LogP contribution < -0.4 is 4.74 Å². The maximum atomic E-state index is 15.6. The molecule has 0 amide bonds. The minimum absolute atomic E-state index is 0. The van der Waals surface area contributed by atoms with Crippen LogP contribution >= 0.6 is 11.3 Å². The third kappa shape index (κ3) is 3.75. The number of thiophene rings is 1. The van der Waals surface area contributed by atoms with Crippen LogP contribution in [0.25, 0.3) is 0 Å². The Bertz CT molecular complexity index is 1210. The van der Waals surface area contributed by atoms with Gasteiger partial charge in [-0.25, -0.2) is 4.39 Å². The lowest BCUT2D eigenvalue weighted by atomic mass is 9.76. The quantitative estimate of drug-likeness (QED) is 0.319. The molecule has 33 heavy (non-hydrogen) atoms. The van der Waals surface area contributed by atoms with Crippen LogP contribution in [-0.4, -0.2) is 22.7 Å². The highest BCUT2D eigenvalue weighted by atomic mass is 32.1. The summed E-state index contributed by atoms with van der Waals surface area (Å²) in [6.07, 6.45) is 0.719. The maximum Gasteiger partial charge on any atom is 0.308 e. The molecule has 1 fully saturated rings. The molecule has 1 saturated carbocycles. The van der Waals surface area contributed by atoms with Crippen LogP contribution in [0.2, 0.25) is 0 Å². The monoisotopic (exact) mass is 604 g/mol. The Kier molecular flexibility index (Phi) is 6.07. The summed E-state index contributed by atoms with van der Waals surface area (Å²) in [4.78, 5) is 29.1. The molecule has 4 nitrogen and oxygen atoms in total. The molecular weight excluding hydrogens is 437 g/mol. The second-order valence-corrected chi connectivity index (χ2v) is 11.3. The van der Waals surface area contributed by atoms with Gasteiger partial charge in [-0.3, -0.25) is 14.5 Å². The van der Waals surface area contributed by atoms with Gasteiger partial charge in [-0.15, -0.1) is 11.3 Å². The van der Waals surface area contributed by atoms with Gasteiger partial charge in [-0.2, -0.15) is 0 Å². The van der Waals surface area contributed by atoms with E-state index in [1.54, 1.807) is 6.07 Å². The van der Waals surface area contributed by atoms with Crippen molar-refractivity contribution in [1.29, 1.82) is 0 Å². The largest absolute Gasteiger partial charge is 0.416 e. The SMILES string of the molecule is CC(=O)Oc1cc2c(s1)CC(C)N(C(C)(C(=O)C1C(C)C1C)c1c(F)ccc(C)c1C)C2C.[HH].[HH].[HH].[HH].[HH].[HH].[HH].[HH].[HH].[HH].[HH].[HH].[HH].[HH].[HH].[HH].[HH].[HH].[HH].[HH].[HH].[HH].[HH].[HH].[HH].[HH].[HH].[HH].[HH].[HH].[HH].[HH].[HH].[HH].[HH].[HH].[HH].[HH].[HH].[HH].[HH].[HH].[HH].[HH].[HH].[HH].[HH].[HH].[HH].[HH].[HH].[HH].[HH].[HH].[HH].[HH].[HH].[HH].[HH].[HH].[HH].[HH].[HH].[HH].[HH].[HH]. The van der Waals surface area contributed by atoms with Gasteiger partial charge < -0.3 is 4.74 Å². The lowest BCUT2D eigenvalue weighted by Crippen LogP contribution is -2.58. The molecule has 5 atom stereocenters. The van der Waals surface area contributed by atoms with Crippen LogP contribution in [0.15, 0.2) is 18.2 Å². The Labute approximate surface area is 298 Å². The number of hydrogen-bond acceptors (Lipinski definition) is 5. The summed E-state index contributed by atoms with van der Waals surface area (Å²) in [6, 6.07) is 5.07. The Morgan fingerprint density at radius 3 is 2.39 bits per heavy atom. The molecule has 0 spiro atoms. The number of carbonyl (C=O) groups excluding carboxylic acids is 2. The highest BCUT2D eigenvalue weighted by Gasteiger charge is 2.58. The Balaban J connectivity index is -0.00000000322. The van der Waals surface area contributed by atoms with Crippen molar-refractivity contribution in [3.8, 4) is 5.06 Å². The molecule has 2 heterocycles. The minimum Gasteiger partial charge on any atom is -0.416 e. The number of fused-ring (bicyclic) bond motifs is 1. The molecule has 310 valence electrons. The molecule has 0 saturated heterocycles. The van der Waals surface area contributed by atoms with Gasteiger partial charge in [0, 0.05) is 130 Å². The number of aryl methyl sites for hydroxylation is 1. The molecule has 1 aromatic carbocycles. The van der Waals surface area contributed by atoms with Gasteiger partial charge in [0.05, 0.1) is 0 Å². The van der Waals surface area contributed by atoms with E-state index >= 15 is 4.39 Å². The molecule has 6 heteroatoms. The summed E-state index contributed by atoms with van der Waals surface area (Å²) < 4.78 is 21.0. The van der Waals surface area contributed by atoms with Gasteiger partial charge >= 0.3 is 5.97 Å². The molecule has 1 aliphatic heterocycles. The zero-order chi connectivity index (χ0) is 24.4. The lowest BCUT2D eigenvalue weighted by Gasteiger charge is -2.50. The van der Waals surface area contributed by atoms with Crippen molar-refractivity contribution in [2.75, 3.05) is 0 Å². The number of benzene rings is 1. The summed E-state index contributed by atoms with van der Waals surface area (Å²) in [5.41, 5.74) is 2.26. The van der Waals surface area contributed by atoms with E-state index in [2.05, 4.69) is 32.6 Å². The number of nitrogens with zero attached hydrogens (tertiary/aromatic N) is 1. The number of carbonyl (C=O) groups is 2. The first-order valence-corrected chi connectivity index (χ1v) is 12.6. The van der Waals surface area contributed by atoms with E-state index in [1.807, 2.05) is 26.8 Å². The van der Waals surface area contributed by atoms with Crippen LogP contribution in [-0.2, 0) is 21.5 Å². The minimum atomic E-state index is -1.11. The van der Waals surface area contributed by atoms with E-state index in [0.717, 1.165) is 28.0 Å². The van der Waals surface area contributed by atoms with Crippen molar-refractivity contribution in [2.45, 2.75) is 79.4 Å². The second-order valence-electron chi connectivity index (χ2n) is 10.2. The van der Waals surface area contributed by atoms with Crippen molar-refractivity contribution in [3.05, 3.63) is 51.1 Å². The number of ketones is 1. The zero-order valence-electron chi connectivity index (χ0n) is 20.8. The van der Waals surface area contributed by atoms with Crippen LogP contribution in [0.1, 0.15) is 169 Å². The fourth-order valence-corrected chi connectivity index (χ4v) is 7.33. The Morgan fingerprint density at radius 1 is 1.18 bits per heavy atom.